The minimum Gasteiger partial charge on any atom is -0.444 e. The Morgan fingerprint density at radius 1 is 1.43 bits per heavy atom. The van der Waals surface area contributed by atoms with Crippen LogP contribution in [0.5, 0.6) is 0 Å². The van der Waals surface area contributed by atoms with Gasteiger partial charge in [-0.2, -0.15) is 0 Å². The van der Waals surface area contributed by atoms with Crippen LogP contribution in [0.3, 0.4) is 0 Å². The monoisotopic (exact) mass is 376 g/mol. The molecule has 0 saturated carbocycles. The third-order valence-corrected chi connectivity index (χ3v) is 4.03. The van der Waals surface area contributed by atoms with Crippen LogP contribution in [0.2, 0.25) is 0 Å². The standard InChI is InChI=1S/C14H21BrN2O3S/c1-14(2,3)20-13(19)16-6-5-12(18)17(4)8-10-7-11(15)21-9-10/h7,9H,5-6,8H2,1-4H3,(H,16,19). The highest BCUT2D eigenvalue weighted by Crippen LogP contribution is 2.21. The number of nitrogens with zero attached hydrogens (tertiary/aromatic N) is 1. The van der Waals surface area contributed by atoms with Gasteiger partial charge in [-0.1, -0.05) is 0 Å². The maximum atomic E-state index is 11.9. The van der Waals surface area contributed by atoms with Crippen molar-refractivity contribution in [2.75, 3.05) is 13.6 Å². The molecular weight excluding hydrogens is 356 g/mol. The van der Waals surface area contributed by atoms with E-state index in [9.17, 15) is 9.59 Å². The highest BCUT2D eigenvalue weighted by molar-refractivity contribution is 9.11. The van der Waals surface area contributed by atoms with E-state index in [2.05, 4.69) is 21.2 Å². The van der Waals surface area contributed by atoms with E-state index in [0.29, 0.717) is 6.54 Å². The van der Waals surface area contributed by atoms with Gasteiger partial charge in [0.25, 0.3) is 0 Å². The van der Waals surface area contributed by atoms with Gasteiger partial charge in [-0.05, 0) is 53.7 Å². The number of alkyl carbamates (subject to hydrolysis) is 1. The summed E-state index contributed by atoms with van der Waals surface area (Å²) in [5, 5.41) is 4.59. The van der Waals surface area contributed by atoms with Crippen molar-refractivity contribution in [3.8, 4) is 0 Å². The molecule has 0 aliphatic carbocycles. The van der Waals surface area contributed by atoms with E-state index < -0.39 is 11.7 Å². The number of nitrogens with one attached hydrogen (secondary N) is 1. The first-order chi connectivity index (χ1) is 9.67. The first kappa shape index (κ1) is 18.0. The minimum atomic E-state index is -0.531. The molecule has 1 aromatic heterocycles. The SMILES string of the molecule is CN(Cc1csc(Br)c1)C(=O)CCNC(=O)OC(C)(C)C. The molecule has 0 unspecified atom stereocenters. The molecule has 7 heteroatoms. The Morgan fingerprint density at radius 3 is 2.62 bits per heavy atom. The molecule has 0 spiro atoms. The lowest BCUT2D eigenvalue weighted by Crippen LogP contribution is -2.35. The Kier molecular flexibility index (Phi) is 6.67. The van der Waals surface area contributed by atoms with Crippen LogP contribution < -0.4 is 5.32 Å². The summed E-state index contributed by atoms with van der Waals surface area (Å²) in [5.41, 5.74) is 0.555. The molecule has 0 aliphatic heterocycles. The van der Waals surface area contributed by atoms with Gasteiger partial charge in [0, 0.05) is 26.6 Å². The molecule has 1 rings (SSSR count). The van der Waals surface area contributed by atoms with Crippen LogP contribution in [0.1, 0.15) is 32.8 Å². The van der Waals surface area contributed by atoms with Crippen LogP contribution in [0.25, 0.3) is 0 Å². The van der Waals surface area contributed by atoms with Crippen LogP contribution in [0.15, 0.2) is 15.2 Å². The number of rotatable bonds is 5. The fourth-order valence-corrected chi connectivity index (χ4v) is 2.77. The highest BCUT2D eigenvalue weighted by Gasteiger charge is 2.16. The second-order valence-corrected chi connectivity index (χ2v) is 7.98. The van der Waals surface area contributed by atoms with E-state index in [4.69, 9.17) is 4.74 Å². The molecule has 5 nitrogen and oxygen atoms in total. The van der Waals surface area contributed by atoms with Crippen molar-refractivity contribution in [1.82, 2.24) is 10.2 Å². The number of hydrogen-bond acceptors (Lipinski definition) is 4. The predicted molar refractivity (Wildman–Crippen MR) is 87.3 cm³/mol. The molecule has 21 heavy (non-hydrogen) atoms. The van der Waals surface area contributed by atoms with Gasteiger partial charge in [0.1, 0.15) is 5.60 Å². The van der Waals surface area contributed by atoms with Crippen LogP contribution in [0, 0.1) is 0 Å². The minimum absolute atomic E-state index is 0.0200. The van der Waals surface area contributed by atoms with E-state index in [1.807, 2.05) is 11.4 Å². The van der Waals surface area contributed by atoms with Gasteiger partial charge >= 0.3 is 6.09 Å². The Morgan fingerprint density at radius 2 is 2.10 bits per heavy atom. The zero-order chi connectivity index (χ0) is 16.0. The van der Waals surface area contributed by atoms with Gasteiger partial charge < -0.3 is 15.0 Å². The molecule has 0 aromatic carbocycles. The van der Waals surface area contributed by atoms with Crippen molar-refractivity contribution >= 4 is 39.3 Å². The molecule has 0 atom stereocenters. The van der Waals surface area contributed by atoms with Crippen molar-refractivity contribution in [2.45, 2.75) is 39.3 Å². The van der Waals surface area contributed by atoms with Crippen molar-refractivity contribution in [1.29, 1.82) is 0 Å². The van der Waals surface area contributed by atoms with Crippen molar-refractivity contribution < 1.29 is 14.3 Å². The summed E-state index contributed by atoms with van der Waals surface area (Å²) in [7, 11) is 1.75. The average Bonchev–Trinajstić information content (AvgIpc) is 2.72. The Bertz CT molecular complexity index is 497. The third-order valence-electron chi connectivity index (χ3n) is 2.47. The number of carbonyl (C=O) groups is 2. The number of halogens is 1. The summed E-state index contributed by atoms with van der Waals surface area (Å²) in [4.78, 5) is 25.0. The maximum Gasteiger partial charge on any atom is 0.407 e. The lowest BCUT2D eigenvalue weighted by atomic mass is 10.2. The summed E-state index contributed by atoms with van der Waals surface area (Å²) < 4.78 is 6.15. The van der Waals surface area contributed by atoms with Crippen LogP contribution >= 0.6 is 27.3 Å². The average molecular weight is 377 g/mol. The summed E-state index contributed by atoms with van der Waals surface area (Å²) in [6.07, 6.45) is -0.249. The molecule has 0 saturated heterocycles. The summed E-state index contributed by atoms with van der Waals surface area (Å²) in [5.74, 6) is -0.0200. The fraction of sp³-hybridized carbons (Fsp3) is 0.571. The Balaban J connectivity index is 2.28. The normalized spacial score (nSPS) is 11.1. The number of carbonyl (C=O) groups excluding carboxylic acids is 2. The number of amides is 2. The fourth-order valence-electron chi connectivity index (χ4n) is 1.57. The predicted octanol–water partition coefficient (Wildman–Crippen LogP) is 3.38. The lowest BCUT2D eigenvalue weighted by Gasteiger charge is -2.20. The second-order valence-electron chi connectivity index (χ2n) is 5.69. The van der Waals surface area contributed by atoms with Gasteiger partial charge in [0.15, 0.2) is 0 Å². The number of hydrogen-bond donors (Lipinski definition) is 1. The zero-order valence-electron chi connectivity index (χ0n) is 12.7. The quantitative estimate of drug-likeness (QED) is 0.856. The first-order valence-corrected chi connectivity index (χ1v) is 8.28. The maximum absolute atomic E-state index is 11.9. The molecule has 0 radical (unpaired) electrons. The zero-order valence-corrected chi connectivity index (χ0v) is 15.1. The first-order valence-electron chi connectivity index (χ1n) is 6.61. The van der Waals surface area contributed by atoms with Crippen LogP contribution in [-0.2, 0) is 16.1 Å². The Hall–Kier alpha value is -1.08. The molecule has 118 valence electrons. The molecular formula is C14H21BrN2O3S. The molecule has 0 bridgehead atoms. The summed E-state index contributed by atoms with van der Waals surface area (Å²) in [6, 6.07) is 1.99. The number of ether oxygens (including phenoxy) is 1. The molecule has 1 N–H and O–H groups in total. The highest BCUT2D eigenvalue weighted by atomic mass is 79.9. The van der Waals surface area contributed by atoms with Gasteiger partial charge in [0.2, 0.25) is 5.91 Å². The third kappa shape index (κ3) is 7.47. The van der Waals surface area contributed by atoms with Crippen LogP contribution in [0.4, 0.5) is 4.79 Å². The van der Waals surface area contributed by atoms with Gasteiger partial charge in [0.05, 0.1) is 3.79 Å². The van der Waals surface area contributed by atoms with Crippen molar-refractivity contribution in [3.63, 3.8) is 0 Å². The van der Waals surface area contributed by atoms with Gasteiger partial charge in [-0.3, -0.25) is 4.79 Å². The summed E-state index contributed by atoms with van der Waals surface area (Å²) in [6.45, 7) is 6.22. The molecule has 1 aromatic rings. The van der Waals surface area contributed by atoms with Crippen LogP contribution in [-0.4, -0.2) is 36.1 Å². The van der Waals surface area contributed by atoms with E-state index in [1.54, 1.807) is 44.1 Å². The van der Waals surface area contributed by atoms with E-state index in [0.717, 1.165) is 9.35 Å². The molecule has 2 amide bonds. The van der Waals surface area contributed by atoms with E-state index in [1.165, 1.54) is 0 Å². The van der Waals surface area contributed by atoms with Gasteiger partial charge in [-0.15, -0.1) is 11.3 Å². The van der Waals surface area contributed by atoms with E-state index in [-0.39, 0.29) is 18.9 Å². The molecule has 1 heterocycles. The Labute approximate surface area is 137 Å². The van der Waals surface area contributed by atoms with E-state index >= 15 is 0 Å². The summed E-state index contributed by atoms with van der Waals surface area (Å²) >= 11 is 4.98. The molecule has 0 fully saturated rings. The smallest absolute Gasteiger partial charge is 0.407 e. The van der Waals surface area contributed by atoms with Gasteiger partial charge in [-0.25, -0.2) is 4.79 Å². The van der Waals surface area contributed by atoms with Crippen molar-refractivity contribution in [2.24, 2.45) is 0 Å². The lowest BCUT2D eigenvalue weighted by molar-refractivity contribution is -0.130. The number of thiophene rings is 1. The topological polar surface area (TPSA) is 58.6 Å². The van der Waals surface area contributed by atoms with Crippen molar-refractivity contribution in [3.05, 3.63) is 20.8 Å². The molecule has 0 aliphatic rings. The largest absolute Gasteiger partial charge is 0.444 e. The second kappa shape index (κ2) is 7.79.